The summed E-state index contributed by atoms with van der Waals surface area (Å²) in [4.78, 5) is 24.7. The molecule has 2 rings (SSSR count). The van der Waals surface area contributed by atoms with E-state index in [1.54, 1.807) is 24.2 Å². The van der Waals surface area contributed by atoms with E-state index in [1.165, 1.54) is 4.68 Å². The molecule has 2 unspecified atom stereocenters. The summed E-state index contributed by atoms with van der Waals surface area (Å²) < 4.78 is 1.50. The largest absolute Gasteiger partial charge is 0.481 e. The molecule has 17 heavy (non-hydrogen) atoms. The van der Waals surface area contributed by atoms with Gasteiger partial charge >= 0.3 is 5.97 Å². The Morgan fingerprint density at radius 1 is 1.47 bits per heavy atom. The van der Waals surface area contributed by atoms with Crippen LogP contribution in [0.4, 0.5) is 0 Å². The van der Waals surface area contributed by atoms with E-state index in [0.29, 0.717) is 12.2 Å². The molecule has 2 atom stereocenters. The Bertz CT molecular complexity index is 455. The third-order valence-electron chi connectivity index (χ3n) is 3.26. The van der Waals surface area contributed by atoms with Crippen molar-refractivity contribution in [3.8, 4) is 0 Å². The lowest BCUT2D eigenvalue weighted by atomic mass is 9.99. The lowest BCUT2D eigenvalue weighted by molar-refractivity contribution is -0.142. The van der Waals surface area contributed by atoms with Crippen LogP contribution in [-0.2, 0) is 11.8 Å². The minimum atomic E-state index is -0.835. The van der Waals surface area contributed by atoms with E-state index in [2.05, 4.69) is 5.10 Å². The van der Waals surface area contributed by atoms with Gasteiger partial charge in [-0.1, -0.05) is 6.92 Å². The number of amides is 1. The van der Waals surface area contributed by atoms with Gasteiger partial charge in [-0.2, -0.15) is 5.10 Å². The first-order chi connectivity index (χ1) is 8.00. The molecular weight excluding hydrogens is 222 g/mol. The number of carboxylic acids is 1. The first kappa shape index (κ1) is 11.6. The van der Waals surface area contributed by atoms with E-state index in [1.807, 2.05) is 6.92 Å². The summed E-state index contributed by atoms with van der Waals surface area (Å²) in [7, 11) is 1.70. The van der Waals surface area contributed by atoms with E-state index in [9.17, 15) is 9.59 Å². The number of likely N-dealkylation sites (tertiary alicyclic amines) is 1. The van der Waals surface area contributed by atoms with Crippen LogP contribution in [0.25, 0.3) is 0 Å². The maximum atomic E-state index is 12.1. The van der Waals surface area contributed by atoms with Crippen LogP contribution in [0, 0.1) is 11.8 Å². The molecule has 0 radical (unpaired) electrons. The summed E-state index contributed by atoms with van der Waals surface area (Å²) in [6.45, 7) is 2.62. The van der Waals surface area contributed by atoms with E-state index >= 15 is 0 Å². The van der Waals surface area contributed by atoms with Gasteiger partial charge in [-0.05, 0) is 12.0 Å². The topological polar surface area (TPSA) is 75.4 Å². The number of aliphatic carboxylic acids is 1. The molecule has 0 spiro atoms. The molecular formula is C11H15N3O3. The van der Waals surface area contributed by atoms with Gasteiger partial charge < -0.3 is 10.0 Å². The zero-order valence-corrected chi connectivity index (χ0v) is 9.83. The molecule has 1 aliphatic heterocycles. The summed E-state index contributed by atoms with van der Waals surface area (Å²) in [5.41, 5.74) is 0.489. The van der Waals surface area contributed by atoms with Gasteiger partial charge in [0, 0.05) is 26.3 Å². The van der Waals surface area contributed by atoms with E-state index in [0.717, 1.165) is 0 Å². The quantitative estimate of drug-likeness (QED) is 0.798. The number of carboxylic acid groups (broad SMARTS) is 1. The van der Waals surface area contributed by atoms with Crippen molar-refractivity contribution in [2.24, 2.45) is 18.9 Å². The molecule has 0 aromatic carbocycles. The second kappa shape index (κ2) is 4.20. The summed E-state index contributed by atoms with van der Waals surface area (Å²) in [5, 5.41) is 12.9. The van der Waals surface area contributed by atoms with Gasteiger partial charge in [-0.3, -0.25) is 14.3 Å². The van der Waals surface area contributed by atoms with Gasteiger partial charge in [0.05, 0.1) is 5.92 Å². The Balaban J connectivity index is 2.13. The fraction of sp³-hybridized carbons (Fsp3) is 0.545. The van der Waals surface area contributed by atoms with Gasteiger partial charge in [0.1, 0.15) is 5.69 Å². The molecule has 0 saturated carbocycles. The van der Waals surface area contributed by atoms with Crippen molar-refractivity contribution in [2.45, 2.75) is 6.92 Å². The highest BCUT2D eigenvalue weighted by atomic mass is 16.4. The first-order valence-corrected chi connectivity index (χ1v) is 5.50. The van der Waals surface area contributed by atoms with Gasteiger partial charge in [-0.15, -0.1) is 0 Å². The minimum absolute atomic E-state index is 0.00956. The molecule has 1 aliphatic rings. The van der Waals surface area contributed by atoms with Crippen molar-refractivity contribution >= 4 is 11.9 Å². The number of aryl methyl sites for hydroxylation is 1. The number of carbonyl (C=O) groups is 2. The molecule has 1 amide bonds. The third-order valence-corrected chi connectivity index (χ3v) is 3.26. The van der Waals surface area contributed by atoms with Crippen LogP contribution in [0.2, 0.25) is 0 Å². The van der Waals surface area contributed by atoms with Crippen LogP contribution < -0.4 is 0 Å². The Labute approximate surface area is 98.8 Å². The highest BCUT2D eigenvalue weighted by Gasteiger charge is 2.37. The Kier molecular flexibility index (Phi) is 2.87. The summed E-state index contributed by atoms with van der Waals surface area (Å²) in [5.74, 6) is -1.46. The van der Waals surface area contributed by atoms with Crippen LogP contribution >= 0.6 is 0 Å². The number of nitrogens with zero attached hydrogens (tertiary/aromatic N) is 3. The van der Waals surface area contributed by atoms with E-state index in [-0.39, 0.29) is 18.4 Å². The average Bonchev–Trinajstić information content (AvgIpc) is 2.83. The van der Waals surface area contributed by atoms with Crippen molar-refractivity contribution in [1.29, 1.82) is 0 Å². The highest BCUT2D eigenvalue weighted by Crippen LogP contribution is 2.24. The van der Waals surface area contributed by atoms with Crippen molar-refractivity contribution in [2.75, 3.05) is 13.1 Å². The van der Waals surface area contributed by atoms with E-state index in [4.69, 9.17) is 5.11 Å². The van der Waals surface area contributed by atoms with E-state index < -0.39 is 11.9 Å². The number of carbonyl (C=O) groups excluding carboxylic acids is 1. The van der Waals surface area contributed by atoms with Gasteiger partial charge in [0.15, 0.2) is 0 Å². The van der Waals surface area contributed by atoms with Crippen LogP contribution in [0.15, 0.2) is 12.3 Å². The van der Waals surface area contributed by atoms with Crippen molar-refractivity contribution in [3.05, 3.63) is 18.0 Å². The molecule has 1 N–H and O–H groups in total. The fourth-order valence-electron chi connectivity index (χ4n) is 2.20. The molecule has 1 fully saturated rings. The first-order valence-electron chi connectivity index (χ1n) is 5.50. The summed E-state index contributed by atoms with van der Waals surface area (Å²) >= 11 is 0. The predicted molar refractivity (Wildman–Crippen MR) is 59.4 cm³/mol. The lowest BCUT2D eigenvalue weighted by Gasteiger charge is -2.15. The number of aromatic nitrogens is 2. The van der Waals surface area contributed by atoms with Crippen LogP contribution in [0.5, 0.6) is 0 Å². The second-order valence-electron chi connectivity index (χ2n) is 4.47. The molecule has 0 bridgehead atoms. The Morgan fingerprint density at radius 3 is 2.65 bits per heavy atom. The summed E-state index contributed by atoms with van der Waals surface area (Å²) in [6, 6.07) is 1.64. The zero-order valence-electron chi connectivity index (χ0n) is 9.83. The Hall–Kier alpha value is -1.85. The van der Waals surface area contributed by atoms with Crippen LogP contribution in [0.3, 0.4) is 0 Å². The number of hydrogen-bond acceptors (Lipinski definition) is 3. The molecule has 1 saturated heterocycles. The SMILES string of the molecule is CC1CN(C(=O)c2ccnn2C)CC1C(=O)O. The third kappa shape index (κ3) is 2.02. The van der Waals surface area contributed by atoms with Crippen molar-refractivity contribution < 1.29 is 14.7 Å². The van der Waals surface area contributed by atoms with Gasteiger partial charge in [0.25, 0.3) is 5.91 Å². The standard InChI is InChI=1S/C11H15N3O3/c1-7-5-14(6-8(7)11(16)17)10(15)9-3-4-12-13(9)2/h3-4,7-8H,5-6H2,1-2H3,(H,16,17). The molecule has 6 nitrogen and oxygen atoms in total. The Morgan fingerprint density at radius 2 is 2.18 bits per heavy atom. The number of hydrogen-bond donors (Lipinski definition) is 1. The van der Waals surface area contributed by atoms with Crippen LogP contribution in [-0.4, -0.2) is 44.8 Å². The maximum Gasteiger partial charge on any atom is 0.308 e. The molecule has 0 aliphatic carbocycles. The lowest BCUT2D eigenvalue weighted by Crippen LogP contribution is -2.31. The number of rotatable bonds is 2. The van der Waals surface area contributed by atoms with Crippen LogP contribution in [0.1, 0.15) is 17.4 Å². The fourth-order valence-corrected chi connectivity index (χ4v) is 2.20. The van der Waals surface area contributed by atoms with Gasteiger partial charge in [0.2, 0.25) is 0 Å². The smallest absolute Gasteiger partial charge is 0.308 e. The monoisotopic (exact) mass is 237 g/mol. The molecule has 1 aromatic heterocycles. The van der Waals surface area contributed by atoms with Crippen molar-refractivity contribution in [3.63, 3.8) is 0 Å². The predicted octanol–water partition coefficient (Wildman–Crippen LogP) is 0.213. The second-order valence-corrected chi connectivity index (χ2v) is 4.47. The highest BCUT2D eigenvalue weighted by molar-refractivity contribution is 5.93. The molecule has 2 heterocycles. The average molecular weight is 237 g/mol. The normalized spacial score (nSPS) is 24.0. The van der Waals surface area contributed by atoms with Crippen molar-refractivity contribution in [1.82, 2.24) is 14.7 Å². The molecule has 1 aromatic rings. The minimum Gasteiger partial charge on any atom is -0.481 e. The molecule has 6 heteroatoms. The summed E-state index contributed by atoms with van der Waals surface area (Å²) in [6.07, 6.45) is 1.56. The van der Waals surface area contributed by atoms with Gasteiger partial charge in [-0.25, -0.2) is 0 Å². The molecule has 92 valence electrons. The maximum absolute atomic E-state index is 12.1. The zero-order chi connectivity index (χ0) is 12.6.